The van der Waals surface area contributed by atoms with Crippen molar-refractivity contribution in [2.45, 2.75) is 12.8 Å². The second kappa shape index (κ2) is 9.64. The molecule has 0 aliphatic carbocycles. The number of nitrogens with one attached hydrogen (secondary N) is 1. The lowest BCUT2D eigenvalue weighted by Crippen LogP contribution is -2.25. The van der Waals surface area contributed by atoms with E-state index in [0.29, 0.717) is 29.4 Å². The molecule has 3 rings (SSSR count). The molecule has 0 saturated carbocycles. The smallest absolute Gasteiger partial charge is 0.273 e. The lowest BCUT2D eigenvalue weighted by molar-refractivity contribution is 0.0944. The monoisotopic (exact) mass is 396 g/mol. The Labute approximate surface area is 169 Å². The van der Waals surface area contributed by atoms with E-state index in [1.165, 1.54) is 5.56 Å². The fraction of sp³-hybridized carbons (Fsp3) is 0.273. The molecule has 0 atom stereocenters. The maximum atomic E-state index is 12.4. The van der Waals surface area contributed by atoms with Crippen LogP contribution in [0.4, 0.5) is 0 Å². The third-order valence-electron chi connectivity index (χ3n) is 4.50. The Kier molecular flexibility index (Phi) is 6.73. The summed E-state index contributed by atoms with van der Waals surface area (Å²) in [6, 6.07) is 14.8. The molecule has 1 amide bonds. The minimum Gasteiger partial charge on any atom is -0.497 e. The van der Waals surface area contributed by atoms with E-state index >= 15 is 0 Å². The lowest BCUT2D eigenvalue weighted by Gasteiger charge is -2.07. The normalized spacial score (nSPS) is 10.4. The summed E-state index contributed by atoms with van der Waals surface area (Å²) in [4.78, 5) is 12.4. The summed E-state index contributed by atoms with van der Waals surface area (Å²) in [5.74, 6) is 2.24. The summed E-state index contributed by atoms with van der Waals surface area (Å²) in [6.07, 6.45) is 1.67. The average Bonchev–Trinajstić information content (AvgIpc) is 3.26. The SMILES string of the molecule is COc1ccc(CCCNC(=O)c2cc(-c3cc(OC)ccc3OC)on2)cc1. The molecule has 0 unspecified atom stereocenters. The first-order valence-corrected chi connectivity index (χ1v) is 9.25. The summed E-state index contributed by atoms with van der Waals surface area (Å²) >= 11 is 0. The molecule has 0 saturated heterocycles. The summed E-state index contributed by atoms with van der Waals surface area (Å²) in [5.41, 5.74) is 2.07. The number of hydrogen-bond donors (Lipinski definition) is 1. The molecule has 0 spiro atoms. The molecule has 152 valence electrons. The van der Waals surface area contributed by atoms with Crippen molar-refractivity contribution < 1.29 is 23.5 Å². The van der Waals surface area contributed by atoms with E-state index in [1.54, 1.807) is 45.6 Å². The van der Waals surface area contributed by atoms with Crippen molar-refractivity contribution in [3.63, 3.8) is 0 Å². The molecule has 0 aliphatic rings. The highest BCUT2D eigenvalue weighted by atomic mass is 16.5. The molecular weight excluding hydrogens is 372 g/mol. The Morgan fingerprint density at radius 3 is 2.38 bits per heavy atom. The molecule has 1 N–H and O–H groups in total. The van der Waals surface area contributed by atoms with E-state index < -0.39 is 0 Å². The Morgan fingerprint density at radius 1 is 0.966 bits per heavy atom. The molecule has 1 aromatic heterocycles. The first kappa shape index (κ1) is 20.3. The van der Waals surface area contributed by atoms with Crippen molar-refractivity contribution >= 4 is 5.91 Å². The van der Waals surface area contributed by atoms with E-state index in [4.69, 9.17) is 18.7 Å². The first-order valence-electron chi connectivity index (χ1n) is 9.25. The number of carbonyl (C=O) groups excluding carboxylic acids is 1. The van der Waals surface area contributed by atoms with Crippen LogP contribution in [-0.2, 0) is 6.42 Å². The molecule has 0 bridgehead atoms. The van der Waals surface area contributed by atoms with Crippen LogP contribution >= 0.6 is 0 Å². The van der Waals surface area contributed by atoms with Crippen molar-refractivity contribution in [2.24, 2.45) is 0 Å². The molecule has 0 fully saturated rings. The molecule has 7 heteroatoms. The fourth-order valence-electron chi connectivity index (χ4n) is 2.89. The number of nitrogens with zero attached hydrogens (tertiary/aromatic N) is 1. The summed E-state index contributed by atoms with van der Waals surface area (Å²) in [5, 5.41) is 6.75. The highest BCUT2D eigenvalue weighted by Crippen LogP contribution is 2.33. The summed E-state index contributed by atoms with van der Waals surface area (Å²) in [6.45, 7) is 0.537. The van der Waals surface area contributed by atoms with Gasteiger partial charge in [0.2, 0.25) is 0 Å². The number of rotatable bonds is 9. The van der Waals surface area contributed by atoms with Gasteiger partial charge in [-0.3, -0.25) is 4.79 Å². The second-order valence-corrected chi connectivity index (χ2v) is 6.35. The highest BCUT2D eigenvalue weighted by Gasteiger charge is 2.17. The van der Waals surface area contributed by atoms with Crippen LogP contribution in [-0.4, -0.2) is 38.9 Å². The quantitative estimate of drug-likeness (QED) is 0.555. The number of methoxy groups -OCH3 is 3. The minimum absolute atomic E-state index is 0.217. The van der Waals surface area contributed by atoms with Crippen LogP contribution in [0.25, 0.3) is 11.3 Å². The van der Waals surface area contributed by atoms with Gasteiger partial charge < -0.3 is 24.1 Å². The number of benzene rings is 2. The Balaban J connectivity index is 1.56. The van der Waals surface area contributed by atoms with Gasteiger partial charge in [0.1, 0.15) is 17.2 Å². The third-order valence-corrected chi connectivity index (χ3v) is 4.50. The molecule has 2 aromatic carbocycles. The third kappa shape index (κ3) is 5.07. The van der Waals surface area contributed by atoms with Crippen LogP contribution in [0.15, 0.2) is 53.1 Å². The average molecular weight is 396 g/mol. The van der Waals surface area contributed by atoms with Crippen LogP contribution in [0.2, 0.25) is 0 Å². The van der Waals surface area contributed by atoms with Gasteiger partial charge in [-0.2, -0.15) is 0 Å². The molecule has 0 aliphatic heterocycles. The van der Waals surface area contributed by atoms with Gasteiger partial charge in [0.05, 0.1) is 26.9 Å². The van der Waals surface area contributed by atoms with Crippen molar-refractivity contribution in [1.82, 2.24) is 10.5 Å². The van der Waals surface area contributed by atoms with E-state index in [2.05, 4.69) is 10.5 Å². The molecule has 1 heterocycles. The predicted molar refractivity (Wildman–Crippen MR) is 109 cm³/mol. The summed E-state index contributed by atoms with van der Waals surface area (Å²) in [7, 11) is 4.79. The standard InChI is InChI=1S/C22H24N2O5/c1-26-16-8-6-15(7-9-16)5-4-12-23-22(25)19-14-21(29-24-19)18-13-17(27-2)10-11-20(18)28-3/h6-11,13-14H,4-5,12H2,1-3H3,(H,23,25). The van der Waals surface area contributed by atoms with Crippen molar-refractivity contribution in [3.05, 3.63) is 59.8 Å². The second-order valence-electron chi connectivity index (χ2n) is 6.35. The number of ether oxygens (including phenoxy) is 3. The molecule has 0 radical (unpaired) electrons. The minimum atomic E-state index is -0.281. The van der Waals surface area contributed by atoms with E-state index in [9.17, 15) is 4.79 Å². The van der Waals surface area contributed by atoms with Gasteiger partial charge in [0.25, 0.3) is 5.91 Å². The number of carbonyl (C=O) groups is 1. The maximum Gasteiger partial charge on any atom is 0.273 e. The Morgan fingerprint density at radius 2 is 1.69 bits per heavy atom. The van der Waals surface area contributed by atoms with Gasteiger partial charge >= 0.3 is 0 Å². The Hall–Kier alpha value is -3.48. The van der Waals surface area contributed by atoms with E-state index in [0.717, 1.165) is 18.6 Å². The van der Waals surface area contributed by atoms with Crippen LogP contribution in [0.3, 0.4) is 0 Å². The topological polar surface area (TPSA) is 82.8 Å². The van der Waals surface area contributed by atoms with Crippen LogP contribution in [0.1, 0.15) is 22.5 Å². The molecule has 29 heavy (non-hydrogen) atoms. The molecule has 7 nitrogen and oxygen atoms in total. The summed E-state index contributed by atoms with van der Waals surface area (Å²) < 4.78 is 21.1. The van der Waals surface area contributed by atoms with Crippen LogP contribution < -0.4 is 19.5 Å². The van der Waals surface area contributed by atoms with Gasteiger partial charge in [-0.05, 0) is 48.7 Å². The lowest BCUT2D eigenvalue weighted by atomic mass is 10.1. The zero-order valence-electron chi connectivity index (χ0n) is 16.7. The van der Waals surface area contributed by atoms with Gasteiger partial charge in [0.15, 0.2) is 11.5 Å². The van der Waals surface area contributed by atoms with Crippen LogP contribution in [0, 0.1) is 0 Å². The van der Waals surface area contributed by atoms with Crippen LogP contribution in [0.5, 0.6) is 17.2 Å². The number of amides is 1. The fourth-order valence-corrected chi connectivity index (χ4v) is 2.89. The Bertz CT molecular complexity index is 950. The number of aromatic nitrogens is 1. The molecule has 3 aromatic rings. The van der Waals surface area contributed by atoms with Crippen molar-refractivity contribution in [2.75, 3.05) is 27.9 Å². The maximum absolute atomic E-state index is 12.4. The first-order chi connectivity index (χ1) is 14.1. The number of hydrogen-bond acceptors (Lipinski definition) is 6. The molecular formula is C22H24N2O5. The van der Waals surface area contributed by atoms with Crippen molar-refractivity contribution in [3.8, 4) is 28.6 Å². The van der Waals surface area contributed by atoms with Gasteiger partial charge in [0, 0.05) is 12.6 Å². The largest absolute Gasteiger partial charge is 0.497 e. The van der Waals surface area contributed by atoms with Crippen molar-refractivity contribution in [1.29, 1.82) is 0 Å². The van der Waals surface area contributed by atoms with E-state index in [-0.39, 0.29) is 11.6 Å². The van der Waals surface area contributed by atoms with Gasteiger partial charge in [-0.25, -0.2) is 0 Å². The highest BCUT2D eigenvalue weighted by molar-refractivity contribution is 5.93. The van der Waals surface area contributed by atoms with Gasteiger partial charge in [-0.1, -0.05) is 17.3 Å². The zero-order chi connectivity index (χ0) is 20.6. The predicted octanol–water partition coefficient (Wildman–Crippen LogP) is 3.73. The van der Waals surface area contributed by atoms with E-state index in [1.807, 2.05) is 24.3 Å². The zero-order valence-corrected chi connectivity index (χ0v) is 16.7. The van der Waals surface area contributed by atoms with Gasteiger partial charge in [-0.15, -0.1) is 0 Å². The number of aryl methyl sites for hydroxylation is 1.